The van der Waals surface area contributed by atoms with Gasteiger partial charge >= 0.3 is 5.97 Å². The van der Waals surface area contributed by atoms with Gasteiger partial charge in [0.25, 0.3) is 0 Å². The number of carbonyl (C=O) groups is 1. The Morgan fingerprint density at radius 1 is 1.07 bits per heavy atom. The first kappa shape index (κ1) is 20.5. The van der Waals surface area contributed by atoms with E-state index in [-0.39, 0.29) is 11.7 Å². The van der Waals surface area contributed by atoms with E-state index in [1.807, 2.05) is 12.1 Å². The zero-order valence-corrected chi connectivity index (χ0v) is 17.5. The van der Waals surface area contributed by atoms with Crippen LogP contribution >= 0.6 is 11.3 Å². The van der Waals surface area contributed by atoms with E-state index < -0.39 is 17.6 Å². The van der Waals surface area contributed by atoms with Crippen molar-refractivity contribution in [2.24, 2.45) is 0 Å². The van der Waals surface area contributed by atoms with Gasteiger partial charge in [-0.1, -0.05) is 30.3 Å². The maximum atomic E-state index is 14.7. The van der Waals surface area contributed by atoms with Gasteiger partial charge in [0, 0.05) is 41.8 Å². The first-order chi connectivity index (χ1) is 14.5. The van der Waals surface area contributed by atoms with Crippen LogP contribution in [0.5, 0.6) is 0 Å². The highest BCUT2D eigenvalue weighted by molar-refractivity contribution is 7.20. The Kier molecular flexibility index (Phi) is 5.83. The van der Waals surface area contributed by atoms with E-state index >= 15 is 0 Å². The summed E-state index contributed by atoms with van der Waals surface area (Å²) in [6, 6.07) is 13.0. The maximum absolute atomic E-state index is 14.7. The standard InChI is InChI=1S/C23H21F2NO3S/c1-28-14-10-11-26(13-14)20-12-18(15-8-5-9-19(24)21(15)25)22(30-20)16-6-3-4-7-17(16)23(27)29-2/h3-9,12,14H,10-11,13H2,1-2H3/t14-/m0/s1. The normalized spacial score (nSPS) is 16.1. The molecule has 1 aliphatic rings. The summed E-state index contributed by atoms with van der Waals surface area (Å²) in [5.41, 5.74) is 1.71. The van der Waals surface area contributed by atoms with Crippen LogP contribution < -0.4 is 4.90 Å². The second kappa shape index (κ2) is 8.53. The summed E-state index contributed by atoms with van der Waals surface area (Å²) in [6.07, 6.45) is 1.03. The van der Waals surface area contributed by atoms with Crippen molar-refractivity contribution in [2.75, 3.05) is 32.2 Å². The molecule has 3 aromatic rings. The van der Waals surface area contributed by atoms with Gasteiger partial charge in [0.2, 0.25) is 0 Å². The molecule has 1 aromatic heterocycles. The van der Waals surface area contributed by atoms with Gasteiger partial charge in [-0.2, -0.15) is 0 Å². The molecular weight excluding hydrogens is 408 g/mol. The molecule has 4 rings (SSSR count). The quantitative estimate of drug-likeness (QED) is 0.511. The van der Waals surface area contributed by atoms with Crippen LogP contribution in [0.4, 0.5) is 13.8 Å². The fourth-order valence-corrected chi connectivity index (χ4v) is 4.98. The molecule has 0 radical (unpaired) electrons. The van der Waals surface area contributed by atoms with Crippen LogP contribution in [-0.2, 0) is 9.47 Å². The number of ether oxygens (including phenoxy) is 2. The number of benzene rings is 2. The second-order valence-corrected chi connectivity index (χ2v) is 8.09. The third kappa shape index (κ3) is 3.70. The summed E-state index contributed by atoms with van der Waals surface area (Å²) in [7, 11) is 3.01. The summed E-state index contributed by atoms with van der Waals surface area (Å²) >= 11 is 1.45. The number of thiophene rings is 1. The van der Waals surface area contributed by atoms with Crippen molar-refractivity contribution in [1.29, 1.82) is 0 Å². The number of carbonyl (C=O) groups excluding carboxylic acids is 1. The van der Waals surface area contributed by atoms with Crippen LogP contribution in [0.15, 0.2) is 48.5 Å². The van der Waals surface area contributed by atoms with Gasteiger partial charge < -0.3 is 14.4 Å². The number of anilines is 1. The molecule has 7 heteroatoms. The summed E-state index contributed by atoms with van der Waals surface area (Å²) in [5, 5.41) is 0.919. The summed E-state index contributed by atoms with van der Waals surface area (Å²) in [5.74, 6) is -2.30. The number of rotatable bonds is 5. The highest BCUT2D eigenvalue weighted by Crippen LogP contribution is 2.46. The Bertz CT molecular complexity index is 1080. The minimum absolute atomic E-state index is 0.132. The summed E-state index contributed by atoms with van der Waals surface area (Å²) in [6.45, 7) is 1.53. The minimum atomic E-state index is -0.909. The van der Waals surface area contributed by atoms with Crippen molar-refractivity contribution in [1.82, 2.24) is 0 Å². The molecule has 0 N–H and O–H groups in total. The van der Waals surface area contributed by atoms with E-state index in [2.05, 4.69) is 4.90 Å². The summed E-state index contributed by atoms with van der Waals surface area (Å²) in [4.78, 5) is 15.2. The number of methoxy groups -OCH3 is 2. The average molecular weight is 429 g/mol. The molecule has 0 aliphatic carbocycles. The molecule has 1 aliphatic heterocycles. The zero-order chi connectivity index (χ0) is 21.3. The van der Waals surface area contributed by atoms with Gasteiger partial charge in [0.1, 0.15) is 0 Å². The fourth-order valence-electron chi connectivity index (χ4n) is 3.74. The van der Waals surface area contributed by atoms with Gasteiger partial charge in [-0.15, -0.1) is 11.3 Å². The highest BCUT2D eigenvalue weighted by atomic mass is 32.1. The summed E-state index contributed by atoms with van der Waals surface area (Å²) < 4.78 is 39.1. The van der Waals surface area contributed by atoms with Crippen LogP contribution in [0.3, 0.4) is 0 Å². The molecule has 0 amide bonds. The highest BCUT2D eigenvalue weighted by Gasteiger charge is 2.27. The molecule has 1 atom stereocenters. The smallest absolute Gasteiger partial charge is 0.338 e. The topological polar surface area (TPSA) is 38.8 Å². The Labute approximate surface area is 177 Å². The van der Waals surface area contributed by atoms with Crippen LogP contribution in [0.25, 0.3) is 21.6 Å². The van der Waals surface area contributed by atoms with Crippen LogP contribution in [0, 0.1) is 11.6 Å². The predicted octanol–water partition coefficient (Wildman–Crippen LogP) is 5.37. The lowest BCUT2D eigenvalue weighted by molar-refractivity contribution is 0.0601. The number of hydrogen-bond acceptors (Lipinski definition) is 5. The lowest BCUT2D eigenvalue weighted by atomic mass is 9.98. The Morgan fingerprint density at radius 2 is 1.83 bits per heavy atom. The van der Waals surface area contributed by atoms with Crippen molar-refractivity contribution in [3.8, 4) is 21.6 Å². The Hall–Kier alpha value is -2.77. The molecule has 0 spiro atoms. The number of esters is 1. The molecule has 1 saturated heterocycles. The maximum Gasteiger partial charge on any atom is 0.338 e. The predicted molar refractivity (Wildman–Crippen MR) is 114 cm³/mol. The lowest BCUT2D eigenvalue weighted by Gasteiger charge is -2.15. The van der Waals surface area contributed by atoms with Crippen LogP contribution in [0.1, 0.15) is 16.8 Å². The van der Waals surface area contributed by atoms with Crippen LogP contribution in [-0.4, -0.2) is 39.4 Å². The third-order valence-corrected chi connectivity index (χ3v) is 6.56. The molecule has 4 nitrogen and oxygen atoms in total. The zero-order valence-electron chi connectivity index (χ0n) is 16.7. The lowest BCUT2D eigenvalue weighted by Crippen LogP contribution is -2.21. The first-order valence-electron chi connectivity index (χ1n) is 9.57. The molecule has 156 valence electrons. The molecule has 1 fully saturated rings. The largest absolute Gasteiger partial charge is 0.465 e. The van der Waals surface area contributed by atoms with E-state index in [0.29, 0.717) is 21.6 Å². The number of halogens is 2. The van der Waals surface area contributed by atoms with Gasteiger partial charge in [0.15, 0.2) is 11.6 Å². The van der Waals surface area contributed by atoms with Crippen molar-refractivity contribution in [3.63, 3.8) is 0 Å². The van der Waals surface area contributed by atoms with Crippen LogP contribution in [0.2, 0.25) is 0 Å². The minimum Gasteiger partial charge on any atom is -0.465 e. The SMILES string of the molecule is COC(=O)c1ccccc1-c1sc(N2CC[C@H](OC)C2)cc1-c1cccc(F)c1F. The first-order valence-corrected chi connectivity index (χ1v) is 10.4. The Morgan fingerprint density at radius 3 is 2.57 bits per heavy atom. The van der Waals surface area contributed by atoms with Crippen molar-refractivity contribution in [2.45, 2.75) is 12.5 Å². The van der Waals surface area contributed by atoms with Gasteiger partial charge in [-0.05, 0) is 24.6 Å². The fraction of sp³-hybridized carbons (Fsp3) is 0.261. The van der Waals surface area contributed by atoms with Gasteiger partial charge in [0.05, 0.1) is 23.8 Å². The molecule has 2 heterocycles. The second-order valence-electron chi connectivity index (χ2n) is 7.06. The van der Waals surface area contributed by atoms with Gasteiger partial charge in [-0.3, -0.25) is 0 Å². The Balaban J connectivity index is 1.89. The molecule has 2 aromatic carbocycles. The molecule has 0 unspecified atom stereocenters. The van der Waals surface area contributed by atoms with E-state index in [0.717, 1.165) is 30.6 Å². The third-order valence-electron chi connectivity index (χ3n) is 5.33. The van der Waals surface area contributed by atoms with E-state index in [9.17, 15) is 13.6 Å². The van der Waals surface area contributed by atoms with Crippen molar-refractivity contribution in [3.05, 3.63) is 65.7 Å². The van der Waals surface area contributed by atoms with Gasteiger partial charge in [-0.25, -0.2) is 13.6 Å². The number of nitrogens with zero attached hydrogens (tertiary/aromatic N) is 1. The van der Waals surface area contributed by atoms with E-state index in [1.165, 1.54) is 24.5 Å². The molecule has 30 heavy (non-hydrogen) atoms. The van der Waals surface area contributed by atoms with E-state index in [1.54, 1.807) is 31.4 Å². The monoisotopic (exact) mass is 429 g/mol. The number of hydrogen-bond donors (Lipinski definition) is 0. The average Bonchev–Trinajstić information content (AvgIpc) is 3.42. The molecular formula is C23H21F2NO3S. The van der Waals surface area contributed by atoms with Crippen molar-refractivity contribution >= 4 is 22.3 Å². The van der Waals surface area contributed by atoms with Crippen molar-refractivity contribution < 1.29 is 23.0 Å². The molecule has 0 bridgehead atoms. The molecule has 0 saturated carbocycles. The van der Waals surface area contributed by atoms with E-state index in [4.69, 9.17) is 9.47 Å².